The molecule has 1 heterocycles. The number of aliphatic hydroxyl groups excluding tert-OH is 1. The molecular formula is C13H14N2O. The molecule has 3 heteroatoms. The molecule has 1 aromatic carbocycles. The zero-order chi connectivity index (χ0) is 11.2. The minimum Gasteiger partial charge on any atom is -0.396 e. The summed E-state index contributed by atoms with van der Waals surface area (Å²) in [6.45, 7) is 0.197. The highest BCUT2D eigenvalue weighted by Gasteiger charge is 1.96. The molecule has 0 fully saturated rings. The number of rotatable bonds is 4. The van der Waals surface area contributed by atoms with E-state index in [0.717, 1.165) is 16.8 Å². The number of aliphatic hydroxyl groups is 1. The van der Waals surface area contributed by atoms with E-state index in [1.54, 1.807) is 6.20 Å². The van der Waals surface area contributed by atoms with Crippen molar-refractivity contribution >= 4 is 6.08 Å². The van der Waals surface area contributed by atoms with Crippen LogP contribution >= 0.6 is 0 Å². The van der Waals surface area contributed by atoms with Crippen molar-refractivity contribution in [3.63, 3.8) is 0 Å². The Morgan fingerprint density at radius 3 is 2.62 bits per heavy atom. The molecule has 2 rings (SSSR count). The van der Waals surface area contributed by atoms with Crippen molar-refractivity contribution in [3.8, 4) is 11.3 Å². The molecule has 0 aliphatic heterocycles. The molecule has 0 radical (unpaired) electrons. The number of nitrogens with one attached hydrogen (secondary N) is 1. The first-order valence-corrected chi connectivity index (χ1v) is 5.27. The predicted octanol–water partition coefficient (Wildman–Crippen LogP) is 2.47. The van der Waals surface area contributed by atoms with Gasteiger partial charge >= 0.3 is 0 Å². The van der Waals surface area contributed by atoms with Crippen molar-refractivity contribution in [3.05, 3.63) is 48.2 Å². The summed E-state index contributed by atoms with van der Waals surface area (Å²) in [4.78, 5) is 0. The topological polar surface area (TPSA) is 48.9 Å². The maximum Gasteiger partial charge on any atom is 0.0650 e. The lowest BCUT2D eigenvalue weighted by Gasteiger charge is -1.98. The van der Waals surface area contributed by atoms with Crippen LogP contribution < -0.4 is 0 Å². The van der Waals surface area contributed by atoms with Crippen LogP contribution in [0, 0.1) is 0 Å². The van der Waals surface area contributed by atoms with Crippen molar-refractivity contribution in [1.29, 1.82) is 0 Å². The van der Waals surface area contributed by atoms with Gasteiger partial charge in [-0.25, -0.2) is 0 Å². The zero-order valence-electron chi connectivity index (χ0n) is 8.93. The van der Waals surface area contributed by atoms with Crippen LogP contribution in [0.2, 0.25) is 0 Å². The smallest absolute Gasteiger partial charge is 0.0650 e. The molecule has 0 saturated heterocycles. The van der Waals surface area contributed by atoms with E-state index in [1.165, 1.54) is 0 Å². The average molecular weight is 214 g/mol. The molecule has 0 bridgehead atoms. The van der Waals surface area contributed by atoms with E-state index in [0.29, 0.717) is 6.42 Å². The molecule has 16 heavy (non-hydrogen) atoms. The Bertz CT molecular complexity index is 443. The first kappa shape index (κ1) is 10.6. The number of benzene rings is 1. The normalized spacial score (nSPS) is 11.1. The number of aromatic amines is 1. The maximum atomic E-state index is 8.65. The van der Waals surface area contributed by atoms with Gasteiger partial charge in [-0.05, 0) is 23.6 Å². The molecular weight excluding hydrogens is 200 g/mol. The SMILES string of the molecule is OCCC=Cc1ccc(-c2ccn[nH]2)cc1. The van der Waals surface area contributed by atoms with Gasteiger partial charge < -0.3 is 5.11 Å². The lowest BCUT2D eigenvalue weighted by atomic mass is 10.1. The summed E-state index contributed by atoms with van der Waals surface area (Å²) in [5, 5.41) is 15.5. The predicted molar refractivity (Wildman–Crippen MR) is 64.8 cm³/mol. The minimum absolute atomic E-state index is 0.197. The van der Waals surface area contributed by atoms with Crippen LogP contribution in [0.1, 0.15) is 12.0 Å². The Labute approximate surface area is 94.5 Å². The summed E-state index contributed by atoms with van der Waals surface area (Å²) < 4.78 is 0. The van der Waals surface area contributed by atoms with Gasteiger partial charge in [-0.1, -0.05) is 36.4 Å². The third-order valence-electron chi connectivity index (χ3n) is 2.33. The fourth-order valence-electron chi connectivity index (χ4n) is 1.48. The molecule has 82 valence electrons. The summed E-state index contributed by atoms with van der Waals surface area (Å²) in [6.07, 6.45) is 6.41. The van der Waals surface area contributed by atoms with Crippen molar-refractivity contribution in [2.24, 2.45) is 0 Å². The highest BCUT2D eigenvalue weighted by molar-refractivity contribution is 5.61. The molecule has 3 nitrogen and oxygen atoms in total. The molecule has 0 aliphatic carbocycles. The van der Waals surface area contributed by atoms with Gasteiger partial charge in [0.15, 0.2) is 0 Å². The van der Waals surface area contributed by atoms with Crippen molar-refractivity contribution < 1.29 is 5.11 Å². The number of hydrogen-bond donors (Lipinski definition) is 2. The van der Waals surface area contributed by atoms with Crippen molar-refractivity contribution in [2.75, 3.05) is 6.61 Å². The van der Waals surface area contributed by atoms with E-state index < -0.39 is 0 Å². The molecule has 0 saturated carbocycles. The Hall–Kier alpha value is -1.87. The molecule has 0 amide bonds. The van der Waals surface area contributed by atoms with Crippen molar-refractivity contribution in [2.45, 2.75) is 6.42 Å². The van der Waals surface area contributed by atoms with Gasteiger partial charge in [0.2, 0.25) is 0 Å². The molecule has 2 N–H and O–H groups in total. The van der Waals surface area contributed by atoms with Crippen LogP contribution in [0.25, 0.3) is 17.3 Å². The summed E-state index contributed by atoms with van der Waals surface area (Å²) in [6, 6.07) is 10.1. The van der Waals surface area contributed by atoms with Crippen LogP contribution in [0.15, 0.2) is 42.6 Å². The Morgan fingerprint density at radius 1 is 1.19 bits per heavy atom. The number of nitrogens with zero attached hydrogens (tertiary/aromatic N) is 1. The monoisotopic (exact) mass is 214 g/mol. The largest absolute Gasteiger partial charge is 0.396 e. The van der Waals surface area contributed by atoms with E-state index in [1.807, 2.05) is 42.5 Å². The molecule has 0 atom stereocenters. The van der Waals surface area contributed by atoms with Gasteiger partial charge in [-0.15, -0.1) is 0 Å². The first-order valence-electron chi connectivity index (χ1n) is 5.27. The van der Waals surface area contributed by atoms with Gasteiger partial charge in [-0.3, -0.25) is 5.10 Å². The number of aromatic nitrogens is 2. The average Bonchev–Trinajstić information content (AvgIpc) is 2.84. The summed E-state index contributed by atoms with van der Waals surface area (Å²) in [7, 11) is 0. The van der Waals surface area contributed by atoms with Gasteiger partial charge in [0, 0.05) is 12.8 Å². The number of hydrogen-bond acceptors (Lipinski definition) is 2. The Balaban J connectivity index is 2.11. The summed E-state index contributed by atoms with van der Waals surface area (Å²) >= 11 is 0. The highest BCUT2D eigenvalue weighted by atomic mass is 16.2. The summed E-state index contributed by atoms with van der Waals surface area (Å²) in [5.74, 6) is 0. The standard InChI is InChI=1S/C13H14N2O/c16-10-2-1-3-11-4-6-12(7-5-11)13-8-9-14-15-13/h1,3-9,16H,2,10H2,(H,14,15). The fraction of sp³-hybridized carbons (Fsp3) is 0.154. The second-order valence-corrected chi connectivity index (χ2v) is 3.51. The third kappa shape index (κ3) is 2.58. The quantitative estimate of drug-likeness (QED) is 0.821. The lowest BCUT2D eigenvalue weighted by Crippen LogP contribution is -1.79. The highest BCUT2D eigenvalue weighted by Crippen LogP contribution is 2.17. The van der Waals surface area contributed by atoms with Crippen LogP contribution in [0.5, 0.6) is 0 Å². The van der Waals surface area contributed by atoms with Gasteiger partial charge in [0.25, 0.3) is 0 Å². The molecule has 1 aromatic heterocycles. The van der Waals surface area contributed by atoms with Crippen LogP contribution in [0.4, 0.5) is 0 Å². The second-order valence-electron chi connectivity index (χ2n) is 3.51. The first-order chi connectivity index (χ1) is 7.90. The van der Waals surface area contributed by atoms with E-state index in [-0.39, 0.29) is 6.61 Å². The van der Waals surface area contributed by atoms with Crippen LogP contribution in [-0.2, 0) is 0 Å². The maximum absolute atomic E-state index is 8.65. The fourth-order valence-corrected chi connectivity index (χ4v) is 1.48. The molecule has 0 unspecified atom stereocenters. The van der Waals surface area contributed by atoms with E-state index in [2.05, 4.69) is 10.2 Å². The third-order valence-corrected chi connectivity index (χ3v) is 2.33. The van der Waals surface area contributed by atoms with E-state index in [9.17, 15) is 0 Å². The van der Waals surface area contributed by atoms with Gasteiger partial charge in [0.1, 0.15) is 0 Å². The van der Waals surface area contributed by atoms with Gasteiger partial charge in [-0.2, -0.15) is 5.10 Å². The molecule has 0 aliphatic rings. The molecule has 0 spiro atoms. The zero-order valence-corrected chi connectivity index (χ0v) is 8.93. The summed E-state index contributed by atoms with van der Waals surface area (Å²) in [5.41, 5.74) is 3.28. The van der Waals surface area contributed by atoms with E-state index >= 15 is 0 Å². The number of H-pyrrole nitrogens is 1. The second kappa shape index (κ2) is 5.28. The Kier molecular flexibility index (Phi) is 3.51. The molecule has 2 aromatic rings. The van der Waals surface area contributed by atoms with E-state index in [4.69, 9.17) is 5.11 Å². The minimum atomic E-state index is 0.197. The van der Waals surface area contributed by atoms with Crippen molar-refractivity contribution in [1.82, 2.24) is 10.2 Å². The van der Waals surface area contributed by atoms with Gasteiger partial charge in [0.05, 0.1) is 5.69 Å². The lowest BCUT2D eigenvalue weighted by molar-refractivity contribution is 0.303. The Morgan fingerprint density at radius 2 is 2.00 bits per heavy atom. The van der Waals surface area contributed by atoms with Crippen LogP contribution in [-0.4, -0.2) is 21.9 Å². The van der Waals surface area contributed by atoms with Crippen LogP contribution in [0.3, 0.4) is 0 Å².